The molecule has 142 valence electrons. The van der Waals surface area contributed by atoms with Crippen LogP contribution in [0.1, 0.15) is 30.8 Å². The van der Waals surface area contributed by atoms with Crippen molar-refractivity contribution in [1.29, 1.82) is 0 Å². The van der Waals surface area contributed by atoms with Gasteiger partial charge in [0, 0.05) is 22.9 Å². The fourth-order valence-corrected chi connectivity index (χ4v) is 3.78. The van der Waals surface area contributed by atoms with Gasteiger partial charge in [-0.15, -0.1) is 0 Å². The molecule has 0 spiro atoms. The molecule has 2 aliphatic rings. The van der Waals surface area contributed by atoms with Crippen molar-refractivity contribution in [3.05, 3.63) is 59.8 Å². The van der Waals surface area contributed by atoms with Gasteiger partial charge in [-0.2, -0.15) is 10.2 Å². The summed E-state index contributed by atoms with van der Waals surface area (Å²) >= 11 is 0. The van der Waals surface area contributed by atoms with Crippen molar-refractivity contribution in [3.8, 4) is 11.4 Å². The summed E-state index contributed by atoms with van der Waals surface area (Å²) in [4.78, 5) is 7.06. The molecule has 3 aromatic rings. The second-order valence-corrected chi connectivity index (χ2v) is 7.26. The van der Waals surface area contributed by atoms with E-state index in [1.54, 1.807) is 6.08 Å². The first-order valence-electron chi connectivity index (χ1n) is 9.62. The predicted molar refractivity (Wildman–Crippen MR) is 107 cm³/mol. The molecule has 6 nitrogen and oxygen atoms in total. The minimum atomic E-state index is -0.155. The normalized spacial score (nSPS) is 17.8. The van der Waals surface area contributed by atoms with Crippen LogP contribution in [0.2, 0.25) is 0 Å². The van der Waals surface area contributed by atoms with E-state index in [1.807, 2.05) is 30.4 Å². The first-order valence-corrected chi connectivity index (χ1v) is 9.62. The third-order valence-corrected chi connectivity index (χ3v) is 5.25. The van der Waals surface area contributed by atoms with Gasteiger partial charge in [0.25, 0.3) is 0 Å². The van der Waals surface area contributed by atoms with E-state index in [0.717, 1.165) is 53.2 Å². The Labute approximate surface area is 161 Å². The van der Waals surface area contributed by atoms with Crippen molar-refractivity contribution in [2.75, 3.05) is 13.1 Å². The number of hydrogen-bond donors (Lipinski definition) is 2. The van der Waals surface area contributed by atoms with Crippen LogP contribution in [0.25, 0.3) is 27.9 Å². The number of likely N-dealkylation sites (tertiary alicyclic amines) is 1. The highest BCUT2D eigenvalue weighted by molar-refractivity contribution is 5.95. The van der Waals surface area contributed by atoms with Crippen molar-refractivity contribution in [2.45, 2.75) is 25.8 Å². The lowest BCUT2D eigenvalue weighted by Gasteiger charge is -2.11. The van der Waals surface area contributed by atoms with Crippen LogP contribution in [0.5, 0.6) is 0 Å². The third kappa shape index (κ3) is 3.29. The summed E-state index contributed by atoms with van der Waals surface area (Å²) in [6.07, 6.45) is 9.81. The standard InChI is InChI=1S/C21H21FN6/c22-16-5-3-4-14(6-8-16)20-17-12-15(7-9-18(17)24-26-20)21-23-19(25-27-21)13-28-10-1-2-11-28/h3-4,6-9,12H,1-2,5,10-11,13H2,(H,24,26)(H,23,25,27). The summed E-state index contributed by atoms with van der Waals surface area (Å²) in [5.74, 6) is 1.41. The number of aromatic amines is 2. The molecular formula is C21H21FN6. The van der Waals surface area contributed by atoms with Crippen molar-refractivity contribution in [2.24, 2.45) is 0 Å². The zero-order chi connectivity index (χ0) is 18.9. The number of benzene rings is 1. The Balaban J connectivity index is 1.47. The summed E-state index contributed by atoms with van der Waals surface area (Å²) in [6, 6.07) is 6.01. The van der Waals surface area contributed by atoms with E-state index < -0.39 is 0 Å². The largest absolute Gasteiger partial charge is 0.296 e. The maximum atomic E-state index is 13.5. The molecule has 1 fully saturated rings. The van der Waals surface area contributed by atoms with Gasteiger partial charge in [-0.3, -0.25) is 15.1 Å². The van der Waals surface area contributed by atoms with E-state index in [2.05, 4.69) is 30.3 Å². The quantitative estimate of drug-likeness (QED) is 0.718. The molecule has 0 radical (unpaired) electrons. The van der Waals surface area contributed by atoms with E-state index in [4.69, 9.17) is 0 Å². The molecule has 28 heavy (non-hydrogen) atoms. The molecular weight excluding hydrogens is 355 g/mol. The van der Waals surface area contributed by atoms with Gasteiger partial charge >= 0.3 is 0 Å². The van der Waals surface area contributed by atoms with E-state index in [0.29, 0.717) is 12.2 Å². The summed E-state index contributed by atoms with van der Waals surface area (Å²) in [7, 11) is 0. The lowest BCUT2D eigenvalue weighted by atomic mass is 10.0. The highest BCUT2D eigenvalue weighted by Gasteiger charge is 2.16. The lowest BCUT2D eigenvalue weighted by molar-refractivity contribution is 0.323. The van der Waals surface area contributed by atoms with Crippen LogP contribution in [0.15, 0.2) is 48.3 Å². The molecule has 0 bridgehead atoms. The summed E-state index contributed by atoms with van der Waals surface area (Å²) in [5.41, 5.74) is 3.53. The Morgan fingerprint density at radius 2 is 1.96 bits per heavy atom. The first kappa shape index (κ1) is 17.1. The van der Waals surface area contributed by atoms with Crippen molar-refractivity contribution in [3.63, 3.8) is 0 Å². The van der Waals surface area contributed by atoms with Crippen LogP contribution in [-0.4, -0.2) is 43.4 Å². The summed E-state index contributed by atoms with van der Waals surface area (Å²) in [6.45, 7) is 3.05. The fraction of sp³-hybridized carbons (Fsp3) is 0.286. The minimum absolute atomic E-state index is 0.155. The number of nitrogens with zero attached hydrogens (tertiary/aromatic N) is 4. The predicted octanol–water partition coefficient (Wildman–Crippen LogP) is 4.14. The van der Waals surface area contributed by atoms with Crippen molar-refractivity contribution < 1.29 is 4.39 Å². The second-order valence-electron chi connectivity index (χ2n) is 7.26. The third-order valence-electron chi connectivity index (χ3n) is 5.25. The number of allylic oxidation sites excluding steroid dienone is 6. The smallest absolute Gasteiger partial charge is 0.181 e. The Bertz CT molecular complexity index is 1100. The average Bonchev–Trinajstić information content (AvgIpc) is 3.43. The molecule has 1 aliphatic heterocycles. The first-order chi connectivity index (χ1) is 13.8. The molecule has 2 N–H and O–H groups in total. The van der Waals surface area contributed by atoms with Crippen LogP contribution in [0.4, 0.5) is 4.39 Å². The number of nitrogens with one attached hydrogen (secondary N) is 2. The Kier molecular flexibility index (Phi) is 4.37. The highest BCUT2D eigenvalue weighted by Crippen LogP contribution is 2.29. The Morgan fingerprint density at radius 1 is 1.07 bits per heavy atom. The van der Waals surface area contributed by atoms with E-state index in [9.17, 15) is 4.39 Å². The number of rotatable bonds is 4. The maximum Gasteiger partial charge on any atom is 0.181 e. The molecule has 0 unspecified atom stereocenters. The highest BCUT2D eigenvalue weighted by atomic mass is 19.1. The monoisotopic (exact) mass is 376 g/mol. The molecule has 2 aromatic heterocycles. The number of fused-ring (bicyclic) bond motifs is 1. The number of H-pyrrole nitrogens is 2. The van der Waals surface area contributed by atoms with Gasteiger partial charge in [0.1, 0.15) is 11.7 Å². The molecule has 7 heteroatoms. The van der Waals surface area contributed by atoms with Gasteiger partial charge < -0.3 is 0 Å². The second kappa shape index (κ2) is 7.16. The zero-order valence-electron chi connectivity index (χ0n) is 15.5. The SMILES string of the molecule is FC1=CC=C(c2n[nH]c3ccc(-c4n[nH]c(CN5CCCC5)n4)cc23)C=CC1. The van der Waals surface area contributed by atoms with Crippen LogP contribution >= 0.6 is 0 Å². The van der Waals surface area contributed by atoms with Crippen LogP contribution < -0.4 is 0 Å². The Hall–Kier alpha value is -3.06. The van der Waals surface area contributed by atoms with E-state index in [1.165, 1.54) is 18.9 Å². The van der Waals surface area contributed by atoms with Gasteiger partial charge in [-0.1, -0.05) is 18.2 Å². The molecule has 1 aliphatic carbocycles. The number of hydrogen-bond acceptors (Lipinski definition) is 4. The van der Waals surface area contributed by atoms with Gasteiger partial charge in [-0.25, -0.2) is 9.37 Å². The fourth-order valence-electron chi connectivity index (χ4n) is 3.78. The zero-order valence-corrected chi connectivity index (χ0v) is 15.5. The van der Waals surface area contributed by atoms with Gasteiger partial charge in [-0.05, 0) is 50.2 Å². The van der Waals surface area contributed by atoms with Crippen molar-refractivity contribution in [1.82, 2.24) is 30.3 Å². The van der Waals surface area contributed by atoms with Crippen molar-refractivity contribution >= 4 is 16.5 Å². The van der Waals surface area contributed by atoms with Crippen LogP contribution in [0, 0.1) is 0 Å². The van der Waals surface area contributed by atoms with Crippen LogP contribution in [0.3, 0.4) is 0 Å². The summed E-state index contributed by atoms with van der Waals surface area (Å²) < 4.78 is 13.5. The lowest BCUT2D eigenvalue weighted by Crippen LogP contribution is -2.19. The molecule has 1 aromatic carbocycles. The molecule has 0 saturated carbocycles. The van der Waals surface area contributed by atoms with E-state index in [-0.39, 0.29) is 5.83 Å². The van der Waals surface area contributed by atoms with Gasteiger partial charge in [0.15, 0.2) is 5.82 Å². The molecule has 0 amide bonds. The molecule has 1 saturated heterocycles. The van der Waals surface area contributed by atoms with Crippen LogP contribution in [-0.2, 0) is 6.54 Å². The minimum Gasteiger partial charge on any atom is -0.296 e. The van der Waals surface area contributed by atoms with E-state index >= 15 is 0 Å². The Morgan fingerprint density at radius 3 is 2.86 bits per heavy atom. The number of halogens is 1. The topological polar surface area (TPSA) is 73.5 Å². The molecule has 3 heterocycles. The maximum absolute atomic E-state index is 13.5. The molecule has 0 atom stereocenters. The summed E-state index contributed by atoms with van der Waals surface area (Å²) in [5, 5.41) is 15.9. The molecule has 5 rings (SSSR count). The van der Waals surface area contributed by atoms with Gasteiger partial charge in [0.2, 0.25) is 0 Å². The number of aromatic nitrogens is 5. The van der Waals surface area contributed by atoms with Gasteiger partial charge in [0.05, 0.1) is 17.8 Å². The average molecular weight is 376 g/mol.